The van der Waals surface area contributed by atoms with Gasteiger partial charge in [0.15, 0.2) is 23.4 Å². The Kier molecular flexibility index (Phi) is 10.7. The standard InChI is InChI=1S/C18H26F2N6S.HI/c1-12(14-6-7-15(19)16(20)10-14)23-18(21-8-5-9-27-4)22-11-17-25-24-13(2)26(17)3;/h6-7,10,12H,5,8-9,11H2,1-4H3,(H2,21,22,23);1H. The summed E-state index contributed by atoms with van der Waals surface area (Å²) < 4.78 is 28.6. The molecule has 1 aromatic heterocycles. The molecular weight excluding hydrogens is 497 g/mol. The molecule has 2 aromatic rings. The van der Waals surface area contributed by atoms with E-state index >= 15 is 0 Å². The van der Waals surface area contributed by atoms with Gasteiger partial charge in [-0.2, -0.15) is 11.8 Å². The highest BCUT2D eigenvalue weighted by atomic mass is 127. The second kappa shape index (κ2) is 12.2. The summed E-state index contributed by atoms with van der Waals surface area (Å²) >= 11 is 1.78. The summed E-state index contributed by atoms with van der Waals surface area (Å²) in [7, 11) is 1.89. The van der Waals surface area contributed by atoms with Crippen molar-refractivity contribution in [3.8, 4) is 0 Å². The van der Waals surface area contributed by atoms with E-state index in [9.17, 15) is 8.78 Å². The van der Waals surface area contributed by atoms with E-state index in [2.05, 4.69) is 32.1 Å². The molecule has 2 N–H and O–H groups in total. The van der Waals surface area contributed by atoms with E-state index in [0.717, 1.165) is 36.4 Å². The fourth-order valence-corrected chi connectivity index (χ4v) is 2.82. The van der Waals surface area contributed by atoms with E-state index < -0.39 is 11.6 Å². The van der Waals surface area contributed by atoms with Gasteiger partial charge in [0.25, 0.3) is 0 Å². The smallest absolute Gasteiger partial charge is 0.192 e. The van der Waals surface area contributed by atoms with Crippen molar-refractivity contribution in [3.05, 3.63) is 47.0 Å². The fraction of sp³-hybridized carbons (Fsp3) is 0.500. The van der Waals surface area contributed by atoms with E-state index in [4.69, 9.17) is 0 Å². The maximum absolute atomic E-state index is 13.5. The van der Waals surface area contributed by atoms with Gasteiger partial charge in [0.2, 0.25) is 0 Å². The number of aromatic nitrogens is 3. The Labute approximate surface area is 186 Å². The molecule has 1 unspecified atom stereocenters. The van der Waals surface area contributed by atoms with Crippen molar-refractivity contribution < 1.29 is 8.78 Å². The van der Waals surface area contributed by atoms with E-state index in [1.165, 1.54) is 6.07 Å². The Morgan fingerprint density at radius 1 is 1.29 bits per heavy atom. The lowest BCUT2D eigenvalue weighted by Crippen LogP contribution is -2.39. The van der Waals surface area contributed by atoms with Crippen LogP contribution >= 0.6 is 35.7 Å². The zero-order valence-corrected chi connectivity index (χ0v) is 19.6. The van der Waals surface area contributed by atoms with Gasteiger partial charge in [0.1, 0.15) is 12.4 Å². The van der Waals surface area contributed by atoms with Crippen molar-refractivity contribution in [3.63, 3.8) is 0 Å². The molecule has 0 fully saturated rings. The molecule has 1 aromatic carbocycles. The van der Waals surface area contributed by atoms with Crippen LogP contribution in [0, 0.1) is 18.6 Å². The zero-order chi connectivity index (χ0) is 19.8. The second-order valence-corrected chi connectivity index (χ2v) is 7.19. The highest BCUT2D eigenvalue weighted by Crippen LogP contribution is 2.16. The van der Waals surface area contributed by atoms with Gasteiger partial charge >= 0.3 is 0 Å². The topological polar surface area (TPSA) is 67.1 Å². The summed E-state index contributed by atoms with van der Waals surface area (Å²) in [5.74, 6) is 1.49. The van der Waals surface area contributed by atoms with Gasteiger partial charge in [-0.05, 0) is 50.0 Å². The lowest BCUT2D eigenvalue weighted by atomic mass is 10.1. The number of nitrogens with one attached hydrogen (secondary N) is 2. The molecular formula is C18H27F2IN6S. The summed E-state index contributed by atoms with van der Waals surface area (Å²) in [4.78, 5) is 4.57. The van der Waals surface area contributed by atoms with Crippen LogP contribution in [-0.4, -0.2) is 39.3 Å². The number of nitrogens with zero attached hydrogens (tertiary/aromatic N) is 4. The van der Waals surface area contributed by atoms with Crippen molar-refractivity contribution in [2.75, 3.05) is 18.6 Å². The molecule has 0 aliphatic carbocycles. The minimum Gasteiger partial charge on any atom is -0.356 e. The van der Waals surface area contributed by atoms with E-state index in [0.29, 0.717) is 18.1 Å². The number of halogens is 3. The van der Waals surface area contributed by atoms with Crippen molar-refractivity contribution in [1.82, 2.24) is 25.4 Å². The van der Waals surface area contributed by atoms with Crippen molar-refractivity contribution in [1.29, 1.82) is 0 Å². The minimum absolute atomic E-state index is 0. The largest absolute Gasteiger partial charge is 0.356 e. The summed E-state index contributed by atoms with van der Waals surface area (Å²) in [6.07, 6.45) is 3.05. The first-order chi connectivity index (χ1) is 12.9. The highest BCUT2D eigenvalue weighted by Gasteiger charge is 2.12. The molecule has 1 heterocycles. The molecule has 28 heavy (non-hydrogen) atoms. The van der Waals surface area contributed by atoms with E-state index in [1.54, 1.807) is 17.8 Å². The van der Waals surface area contributed by atoms with Crippen LogP contribution in [0.15, 0.2) is 23.2 Å². The zero-order valence-electron chi connectivity index (χ0n) is 16.5. The quantitative estimate of drug-likeness (QED) is 0.239. The summed E-state index contributed by atoms with van der Waals surface area (Å²) in [5, 5.41) is 14.7. The second-order valence-electron chi connectivity index (χ2n) is 6.20. The van der Waals surface area contributed by atoms with Crippen LogP contribution in [0.2, 0.25) is 0 Å². The number of aliphatic imine (C=N–C) groups is 1. The van der Waals surface area contributed by atoms with Crippen LogP contribution in [0.3, 0.4) is 0 Å². The molecule has 1 atom stereocenters. The molecule has 10 heteroatoms. The highest BCUT2D eigenvalue weighted by molar-refractivity contribution is 14.0. The van der Waals surface area contributed by atoms with Crippen LogP contribution in [-0.2, 0) is 13.6 Å². The van der Waals surface area contributed by atoms with Gasteiger partial charge in [-0.1, -0.05) is 6.07 Å². The molecule has 6 nitrogen and oxygen atoms in total. The van der Waals surface area contributed by atoms with Crippen LogP contribution in [0.4, 0.5) is 8.78 Å². The van der Waals surface area contributed by atoms with Gasteiger partial charge < -0.3 is 15.2 Å². The number of hydrogen-bond donors (Lipinski definition) is 2. The Morgan fingerprint density at radius 3 is 2.64 bits per heavy atom. The van der Waals surface area contributed by atoms with Gasteiger partial charge in [-0.3, -0.25) is 0 Å². The number of aryl methyl sites for hydroxylation is 1. The Hall–Kier alpha value is -1.43. The van der Waals surface area contributed by atoms with Crippen LogP contribution in [0.1, 0.15) is 36.6 Å². The first kappa shape index (κ1) is 24.6. The van der Waals surface area contributed by atoms with Gasteiger partial charge in [-0.25, -0.2) is 13.8 Å². The summed E-state index contributed by atoms with van der Waals surface area (Å²) in [6.45, 7) is 4.87. The van der Waals surface area contributed by atoms with Gasteiger partial charge in [0, 0.05) is 13.6 Å². The molecule has 2 rings (SSSR count). The van der Waals surface area contributed by atoms with Crippen LogP contribution in [0.5, 0.6) is 0 Å². The molecule has 0 spiro atoms. The number of benzene rings is 1. The molecule has 0 radical (unpaired) electrons. The Balaban J connectivity index is 0.00000392. The third-order valence-electron chi connectivity index (χ3n) is 4.18. The van der Waals surface area contributed by atoms with E-state index in [-0.39, 0.29) is 30.0 Å². The predicted octanol–water partition coefficient (Wildman–Crippen LogP) is 3.57. The Morgan fingerprint density at radius 2 is 2.04 bits per heavy atom. The SMILES string of the molecule is CSCCCNC(=NCc1nnc(C)n1C)NC(C)c1ccc(F)c(F)c1.I. The lowest BCUT2D eigenvalue weighted by molar-refractivity contribution is 0.504. The van der Waals surface area contributed by atoms with Gasteiger partial charge in [0.05, 0.1) is 6.04 Å². The minimum atomic E-state index is -0.859. The number of thioether (sulfide) groups is 1. The predicted molar refractivity (Wildman–Crippen MR) is 121 cm³/mol. The first-order valence-electron chi connectivity index (χ1n) is 8.76. The van der Waals surface area contributed by atoms with Crippen molar-refractivity contribution >= 4 is 41.7 Å². The lowest BCUT2D eigenvalue weighted by Gasteiger charge is -2.19. The summed E-state index contributed by atoms with van der Waals surface area (Å²) in [6, 6.07) is 3.65. The third-order valence-corrected chi connectivity index (χ3v) is 4.87. The Bertz CT molecular complexity index is 783. The summed E-state index contributed by atoms with van der Waals surface area (Å²) in [5.41, 5.74) is 0.641. The molecule has 0 amide bonds. The average Bonchev–Trinajstić information content (AvgIpc) is 2.97. The average molecular weight is 524 g/mol. The van der Waals surface area contributed by atoms with E-state index in [1.807, 2.05) is 25.5 Å². The fourth-order valence-electron chi connectivity index (χ4n) is 2.38. The monoisotopic (exact) mass is 524 g/mol. The van der Waals surface area contributed by atoms with Crippen LogP contribution < -0.4 is 10.6 Å². The molecule has 0 aliphatic rings. The first-order valence-corrected chi connectivity index (χ1v) is 10.2. The maximum atomic E-state index is 13.5. The molecule has 0 aliphatic heterocycles. The molecule has 0 saturated carbocycles. The molecule has 0 saturated heterocycles. The normalized spacial score (nSPS) is 12.4. The molecule has 0 bridgehead atoms. The van der Waals surface area contributed by atoms with Crippen molar-refractivity contribution in [2.24, 2.45) is 12.0 Å². The maximum Gasteiger partial charge on any atom is 0.192 e. The number of rotatable bonds is 8. The van der Waals surface area contributed by atoms with Crippen LogP contribution in [0.25, 0.3) is 0 Å². The third kappa shape index (κ3) is 7.19. The van der Waals surface area contributed by atoms with Gasteiger partial charge in [-0.15, -0.1) is 34.2 Å². The molecule has 156 valence electrons. The number of guanidine groups is 1. The number of hydrogen-bond acceptors (Lipinski definition) is 4. The van der Waals surface area contributed by atoms with Crippen molar-refractivity contribution in [2.45, 2.75) is 32.9 Å².